The lowest BCUT2D eigenvalue weighted by Gasteiger charge is -2.18. The molecule has 0 saturated carbocycles. The molecule has 1 atom stereocenters. The lowest BCUT2D eigenvalue weighted by atomic mass is 10.0. The number of carbonyl (C=O) groups excluding carboxylic acids is 2. The van der Waals surface area contributed by atoms with E-state index >= 15 is 0 Å². The summed E-state index contributed by atoms with van der Waals surface area (Å²) >= 11 is 0. The minimum atomic E-state index is -3.32. The number of para-hydroxylation sites is 1. The molecule has 0 aliphatic carbocycles. The number of carbonyl (C=O) groups is 2. The highest BCUT2D eigenvalue weighted by Gasteiger charge is 2.17. The van der Waals surface area contributed by atoms with Gasteiger partial charge in [0.15, 0.2) is 9.84 Å². The lowest BCUT2D eigenvalue weighted by molar-refractivity contribution is -0.118. The Labute approximate surface area is 332 Å². The van der Waals surface area contributed by atoms with E-state index in [-0.39, 0.29) is 23.6 Å². The van der Waals surface area contributed by atoms with E-state index in [1.807, 2.05) is 6.07 Å². The summed E-state index contributed by atoms with van der Waals surface area (Å²) in [5.74, 6) is 0.520. The molecular weight excluding hydrogens is 693 g/mol. The SMILES string of the molecule is COc1ccccc1C(=O)N[C@H](/C=C/S(=O)(=O)CCCCCCCCCCCCCCCCCCCCCCCCCCCCCCC(N)=O)CC(C)C. The zero-order valence-corrected chi connectivity index (χ0v) is 35.9. The molecule has 0 saturated heterocycles. The monoisotopic (exact) mass is 775 g/mol. The first-order valence-corrected chi connectivity index (χ1v) is 24.0. The molecule has 0 aromatic heterocycles. The Kier molecular flexibility index (Phi) is 31.2. The zero-order valence-electron chi connectivity index (χ0n) is 35.1. The van der Waals surface area contributed by atoms with Crippen molar-refractivity contribution in [3.05, 3.63) is 41.3 Å². The summed E-state index contributed by atoms with van der Waals surface area (Å²) in [5, 5.41) is 4.28. The molecule has 0 aliphatic rings. The Balaban J connectivity index is 1.91. The highest BCUT2D eigenvalue weighted by atomic mass is 32.2. The number of nitrogens with one attached hydrogen (secondary N) is 1. The van der Waals surface area contributed by atoms with Gasteiger partial charge in [-0.1, -0.05) is 199 Å². The van der Waals surface area contributed by atoms with Crippen LogP contribution in [0.5, 0.6) is 5.75 Å². The van der Waals surface area contributed by atoms with Crippen LogP contribution in [0, 0.1) is 5.92 Å². The third-order valence-corrected chi connectivity index (χ3v) is 11.9. The van der Waals surface area contributed by atoms with Crippen molar-refractivity contribution in [2.24, 2.45) is 11.7 Å². The van der Waals surface area contributed by atoms with E-state index in [1.165, 1.54) is 160 Å². The standard InChI is InChI=1S/C46H82N2O5S/c1-41(2)40-42(48-46(50)43-34-31-32-35-44(43)53-3)37-39-54(51,52)38-33-29-27-25-23-21-19-17-15-13-11-9-7-5-4-6-8-10-12-14-16-18-20-22-24-26-28-30-36-45(47)49/h31-32,34-35,37,39,41-42H,4-30,33,36,38,40H2,1-3H3,(H2,47,49)(H,48,50)/b39-37+/t42-/m1/s1. The van der Waals surface area contributed by atoms with Crippen molar-refractivity contribution in [1.29, 1.82) is 0 Å². The van der Waals surface area contributed by atoms with Gasteiger partial charge in [-0.2, -0.15) is 0 Å². The first kappa shape index (κ1) is 49.7. The molecule has 0 heterocycles. The molecule has 0 radical (unpaired) electrons. The van der Waals surface area contributed by atoms with E-state index in [0.717, 1.165) is 25.7 Å². The lowest BCUT2D eigenvalue weighted by Crippen LogP contribution is -2.34. The summed E-state index contributed by atoms with van der Waals surface area (Å²) in [6.45, 7) is 4.12. The number of rotatable bonds is 38. The Morgan fingerprint density at radius 1 is 0.630 bits per heavy atom. The first-order chi connectivity index (χ1) is 26.1. The third kappa shape index (κ3) is 29.9. The van der Waals surface area contributed by atoms with Crippen molar-refractivity contribution < 1.29 is 22.7 Å². The first-order valence-electron chi connectivity index (χ1n) is 22.3. The zero-order chi connectivity index (χ0) is 39.5. The Hall–Kier alpha value is -2.35. The second-order valence-electron chi connectivity index (χ2n) is 16.2. The molecule has 1 aromatic rings. The van der Waals surface area contributed by atoms with Gasteiger partial charge in [-0.25, -0.2) is 8.42 Å². The van der Waals surface area contributed by atoms with E-state index < -0.39 is 9.84 Å². The molecule has 0 unspecified atom stereocenters. The highest BCUT2D eigenvalue weighted by molar-refractivity contribution is 7.94. The van der Waals surface area contributed by atoms with Gasteiger partial charge in [0.05, 0.1) is 18.4 Å². The van der Waals surface area contributed by atoms with Gasteiger partial charge in [-0.05, 0) is 37.3 Å². The molecule has 54 heavy (non-hydrogen) atoms. The summed E-state index contributed by atoms with van der Waals surface area (Å²) in [4.78, 5) is 23.6. The normalized spacial score (nSPS) is 12.4. The Morgan fingerprint density at radius 2 is 1.00 bits per heavy atom. The minimum absolute atomic E-state index is 0.157. The van der Waals surface area contributed by atoms with Gasteiger partial charge in [0.25, 0.3) is 5.91 Å². The smallest absolute Gasteiger partial charge is 0.255 e. The molecule has 1 aromatic carbocycles. The van der Waals surface area contributed by atoms with Crippen molar-refractivity contribution in [1.82, 2.24) is 5.32 Å². The summed E-state index contributed by atoms with van der Waals surface area (Å²) in [6, 6.07) is 6.69. The average molecular weight is 775 g/mol. The topological polar surface area (TPSA) is 116 Å². The van der Waals surface area contributed by atoms with Crippen LogP contribution in [0.1, 0.15) is 217 Å². The van der Waals surface area contributed by atoms with Gasteiger partial charge in [0.1, 0.15) is 5.75 Å². The van der Waals surface area contributed by atoms with Crippen molar-refractivity contribution >= 4 is 21.7 Å². The van der Waals surface area contributed by atoms with Gasteiger partial charge < -0.3 is 15.8 Å². The maximum Gasteiger partial charge on any atom is 0.255 e. The summed E-state index contributed by atoms with van der Waals surface area (Å²) < 4.78 is 30.7. The van der Waals surface area contributed by atoms with E-state index in [9.17, 15) is 18.0 Å². The summed E-state index contributed by atoms with van der Waals surface area (Å²) in [7, 11) is -1.79. The van der Waals surface area contributed by atoms with Crippen LogP contribution in [-0.4, -0.2) is 39.1 Å². The van der Waals surface area contributed by atoms with Crippen LogP contribution >= 0.6 is 0 Å². The number of hydrogen-bond acceptors (Lipinski definition) is 5. The fourth-order valence-corrected chi connectivity index (χ4v) is 8.42. The van der Waals surface area contributed by atoms with E-state index in [1.54, 1.807) is 24.3 Å². The van der Waals surface area contributed by atoms with Crippen LogP contribution in [0.4, 0.5) is 0 Å². The molecule has 8 heteroatoms. The van der Waals surface area contributed by atoms with Gasteiger partial charge >= 0.3 is 0 Å². The maximum absolute atomic E-state index is 12.9. The Bertz CT molecular complexity index is 1200. The highest BCUT2D eigenvalue weighted by Crippen LogP contribution is 2.19. The maximum atomic E-state index is 12.9. The van der Waals surface area contributed by atoms with Gasteiger partial charge in [-0.15, -0.1) is 0 Å². The predicted octanol–water partition coefficient (Wildman–Crippen LogP) is 12.6. The number of primary amides is 1. The molecule has 2 amide bonds. The number of amides is 2. The van der Waals surface area contributed by atoms with E-state index in [2.05, 4.69) is 19.2 Å². The predicted molar refractivity (Wildman–Crippen MR) is 230 cm³/mol. The van der Waals surface area contributed by atoms with Gasteiger partial charge in [0.2, 0.25) is 5.91 Å². The second-order valence-corrected chi connectivity index (χ2v) is 18.2. The molecule has 0 bridgehead atoms. The summed E-state index contributed by atoms with van der Waals surface area (Å²) in [5.41, 5.74) is 5.62. The summed E-state index contributed by atoms with van der Waals surface area (Å²) in [6.07, 6.45) is 39.0. The number of nitrogens with two attached hydrogens (primary N) is 1. The average Bonchev–Trinajstić information content (AvgIpc) is 3.14. The van der Waals surface area contributed by atoms with Crippen molar-refractivity contribution in [2.75, 3.05) is 12.9 Å². The van der Waals surface area contributed by atoms with E-state index in [4.69, 9.17) is 10.5 Å². The quantitative estimate of drug-likeness (QED) is 0.0649. The van der Waals surface area contributed by atoms with Crippen LogP contribution in [0.25, 0.3) is 0 Å². The fraction of sp³-hybridized carbons (Fsp3) is 0.783. The van der Waals surface area contributed by atoms with Crippen LogP contribution in [0.15, 0.2) is 35.7 Å². The van der Waals surface area contributed by atoms with Gasteiger partial charge in [0, 0.05) is 17.9 Å². The number of unbranched alkanes of at least 4 members (excludes halogenated alkanes) is 27. The second kappa shape index (κ2) is 33.9. The van der Waals surface area contributed by atoms with Crippen LogP contribution in [0.2, 0.25) is 0 Å². The molecular formula is C46H82N2O5S. The molecule has 312 valence electrons. The number of hydrogen-bond donors (Lipinski definition) is 2. The van der Waals surface area contributed by atoms with Crippen molar-refractivity contribution in [2.45, 2.75) is 213 Å². The third-order valence-electron chi connectivity index (χ3n) is 10.5. The van der Waals surface area contributed by atoms with Crippen molar-refractivity contribution in [3.63, 3.8) is 0 Å². The number of sulfone groups is 1. The largest absolute Gasteiger partial charge is 0.496 e. The molecule has 0 spiro atoms. The van der Waals surface area contributed by atoms with Crippen LogP contribution < -0.4 is 15.8 Å². The number of benzene rings is 1. The molecule has 0 aliphatic heterocycles. The number of ether oxygens (including phenoxy) is 1. The molecule has 0 fully saturated rings. The number of methoxy groups -OCH3 is 1. The van der Waals surface area contributed by atoms with Crippen LogP contribution in [-0.2, 0) is 14.6 Å². The molecule has 3 N–H and O–H groups in total. The van der Waals surface area contributed by atoms with Crippen LogP contribution in [0.3, 0.4) is 0 Å². The molecule has 1 rings (SSSR count). The molecule has 7 nitrogen and oxygen atoms in total. The van der Waals surface area contributed by atoms with E-state index in [0.29, 0.717) is 36.5 Å². The van der Waals surface area contributed by atoms with Crippen molar-refractivity contribution in [3.8, 4) is 5.75 Å². The fourth-order valence-electron chi connectivity index (χ4n) is 7.25. The minimum Gasteiger partial charge on any atom is -0.496 e. The van der Waals surface area contributed by atoms with Gasteiger partial charge in [-0.3, -0.25) is 9.59 Å². The Morgan fingerprint density at radius 3 is 1.37 bits per heavy atom.